The van der Waals surface area contributed by atoms with E-state index < -0.39 is 28.5 Å². The summed E-state index contributed by atoms with van der Waals surface area (Å²) in [6, 6.07) is 21.3. The molecule has 0 fully saturated rings. The van der Waals surface area contributed by atoms with Gasteiger partial charge in [0.15, 0.2) is 0 Å². The number of para-hydroxylation sites is 2. The SMILES string of the molecule is CCCNC(=O)[C@H](CC)N(CCc1ccccc1)C(=O)CN(c1ccccc1OCC)S(=O)(=O)c1ccc(Cl)cc1. The van der Waals surface area contributed by atoms with E-state index in [4.69, 9.17) is 16.3 Å². The number of ether oxygens (including phenoxy) is 1. The van der Waals surface area contributed by atoms with Crippen LogP contribution in [0.4, 0.5) is 5.69 Å². The van der Waals surface area contributed by atoms with Gasteiger partial charge < -0.3 is 15.0 Å². The van der Waals surface area contributed by atoms with Crippen LogP contribution in [-0.4, -0.2) is 57.4 Å². The standard InChI is InChI=1S/C31H38ClN3O5S/c1-4-21-33-31(37)27(5-2)34(22-20-24-12-8-7-9-13-24)30(36)23-35(28-14-10-11-15-29(28)40-6-3)41(38,39)26-18-16-25(32)17-19-26/h7-19,27H,4-6,20-23H2,1-3H3,(H,33,37)/t27-/m0/s1. The summed E-state index contributed by atoms with van der Waals surface area (Å²) in [5.74, 6) is -0.440. The van der Waals surface area contributed by atoms with Crippen molar-refractivity contribution in [3.8, 4) is 5.75 Å². The molecule has 10 heteroatoms. The van der Waals surface area contributed by atoms with Crippen LogP contribution in [0, 0.1) is 0 Å². The van der Waals surface area contributed by atoms with E-state index in [1.807, 2.05) is 44.2 Å². The van der Waals surface area contributed by atoms with E-state index in [9.17, 15) is 18.0 Å². The molecule has 41 heavy (non-hydrogen) atoms. The van der Waals surface area contributed by atoms with Crippen molar-refractivity contribution in [1.82, 2.24) is 10.2 Å². The molecule has 0 aliphatic carbocycles. The second-order valence-corrected chi connectivity index (χ2v) is 11.7. The van der Waals surface area contributed by atoms with Crippen molar-refractivity contribution in [1.29, 1.82) is 0 Å². The third-order valence-electron chi connectivity index (χ3n) is 6.53. The quantitative estimate of drug-likeness (QED) is 0.255. The van der Waals surface area contributed by atoms with Crippen molar-refractivity contribution in [2.75, 3.05) is 30.5 Å². The molecule has 3 rings (SSSR count). The Balaban J connectivity index is 2.05. The molecule has 0 bridgehead atoms. The van der Waals surface area contributed by atoms with Crippen molar-refractivity contribution in [2.45, 2.75) is 51.0 Å². The predicted molar refractivity (Wildman–Crippen MR) is 163 cm³/mol. The van der Waals surface area contributed by atoms with Crippen LogP contribution in [0.3, 0.4) is 0 Å². The highest BCUT2D eigenvalue weighted by Crippen LogP contribution is 2.33. The highest BCUT2D eigenvalue weighted by Gasteiger charge is 2.34. The number of benzene rings is 3. The van der Waals surface area contributed by atoms with Gasteiger partial charge in [-0.1, -0.05) is 67.9 Å². The summed E-state index contributed by atoms with van der Waals surface area (Å²) >= 11 is 6.03. The summed E-state index contributed by atoms with van der Waals surface area (Å²) in [5.41, 5.74) is 1.23. The molecule has 3 aromatic carbocycles. The first-order valence-corrected chi connectivity index (χ1v) is 15.7. The first-order valence-electron chi connectivity index (χ1n) is 13.8. The number of carbonyl (C=O) groups excluding carboxylic acids is 2. The number of sulfonamides is 1. The van der Waals surface area contributed by atoms with Crippen molar-refractivity contribution in [2.24, 2.45) is 0 Å². The average molecular weight is 600 g/mol. The molecule has 0 heterocycles. The van der Waals surface area contributed by atoms with Gasteiger partial charge in [-0.25, -0.2) is 8.42 Å². The fraction of sp³-hybridized carbons (Fsp3) is 0.355. The van der Waals surface area contributed by atoms with Crippen LogP contribution in [-0.2, 0) is 26.0 Å². The highest BCUT2D eigenvalue weighted by atomic mass is 35.5. The minimum Gasteiger partial charge on any atom is -0.492 e. The van der Waals surface area contributed by atoms with Crippen molar-refractivity contribution in [3.05, 3.63) is 89.4 Å². The van der Waals surface area contributed by atoms with Gasteiger partial charge in [-0.2, -0.15) is 0 Å². The van der Waals surface area contributed by atoms with Gasteiger partial charge in [0.1, 0.15) is 18.3 Å². The van der Waals surface area contributed by atoms with Gasteiger partial charge in [0.05, 0.1) is 17.2 Å². The Morgan fingerprint density at radius 3 is 2.22 bits per heavy atom. The second kappa shape index (κ2) is 15.4. The Kier molecular flexibility index (Phi) is 12.0. The van der Waals surface area contributed by atoms with Gasteiger partial charge in [-0.15, -0.1) is 0 Å². The van der Waals surface area contributed by atoms with E-state index in [-0.39, 0.29) is 23.0 Å². The second-order valence-electron chi connectivity index (χ2n) is 9.40. The smallest absolute Gasteiger partial charge is 0.264 e. The molecule has 3 aromatic rings. The van der Waals surface area contributed by atoms with Crippen molar-refractivity contribution < 1.29 is 22.7 Å². The third-order valence-corrected chi connectivity index (χ3v) is 8.56. The Morgan fingerprint density at radius 2 is 1.59 bits per heavy atom. The summed E-state index contributed by atoms with van der Waals surface area (Å²) in [4.78, 5) is 28.7. The van der Waals surface area contributed by atoms with E-state index in [2.05, 4.69) is 5.32 Å². The lowest BCUT2D eigenvalue weighted by molar-refractivity contribution is -0.139. The minimum absolute atomic E-state index is 0.0235. The van der Waals surface area contributed by atoms with Crippen LogP contribution in [0.1, 0.15) is 39.2 Å². The summed E-state index contributed by atoms with van der Waals surface area (Å²) in [7, 11) is -4.23. The van der Waals surface area contributed by atoms with Crippen LogP contribution in [0.15, 0.2) is 83.8 Å². The number of nitrogens with zero attached hydrogens (tertiary/aromatic N) is 2. The van der Waals surface area contributed by atoms with Crippen molar-refractivity contribution in [3.63, 3.8) is 0 Å². The average Bonchev–Trinajstić information content (AvgIpc) is 2.98. The number of anilines is 1. The van der Waals surface area contributed by atoms with Gasteiger partial charge in [-0.05, 0) is 68.1 Å². The van der Waals surface area contributed by atoms with Gasteiger partial charge in [0.2, 0.25) is 11.8 Å². The van der Waals surface area contributed by atoms with E-state index >= 15 is 0 Å². The van der Waals surface area contributed by atoms with Gasteiger partial charge in [0, 0.05) is 18.1 Å². The molecule has 0 unspecified atom stereocenters. The summed E-state index contributed by atoms with van der Waals surface area (Å²) in [6.07, 6.45) is 1.63. The van der Waals surface area contributed by atoms with Crippen LogP contribution >= 0.6 is 11.6 Å². The molecule has 0 radical (unpaired) electrons. The lowest BCUT2D eigenvalue weighted by Crippen LogP contribution is -2.53. The summed E-state index contributed by atoms with van der Waals surface area (Å²) < 4.78 is 34.9. The van der Waals surface area contributed by atoms with Gasteiger partial charge in [0.25, 0.3) is 10.0 Å². The molecule has 2 amide bonds. The van der Waals surface area contributed by atoms with Crippen molar-refractivity contribution >= 4 is 39.1 Å². The Bertz CT molecular complexity index is 1380. The first kappa shape index (κ1) is 32.0. The van der Waals surface area contributed by atoms with E-state index in [0.29, 0.717) is 36.8 Å². The number of nitrogens with one attached hydrogen (secondary N) is 1. The first-order chi connectivity index (χ1) is 19.7. The number of hydrogen-bond acceptors (Lipinski definition) is 5. The maximum atomic E-state index is 14.1. The summed E-state index contributed by atoms with van der Waals surface area (Å²) in [5, 5.41) is 3.28. The Hall–Kier alpha value is -3.56. The van der Waals surface area contributed by atoms with Crippen LogP contribution in [0.2, 0.25) is 5.02 Å². The number of halogens is 1. The molecule has 1 atom stereocenters. The largest absolute Gasteiger partial charge is 0.492 e. The zero-order valence-corrected chi connectivity index (χ0v) is 25.3. The van der Waals surface area contributed by atoms with Crippen LogP contribution in [0.5, 0.6) is 5.75 Å². The molecular formula is C31H38ClN3O5S. The maximum Gasteiger partial charge on any atom is 0.264 e. The number of rotatable bonds is 15. The van der Waals surface area contributed by atoms with E-state index in [0.717, 1.165) is 16.3 Å². The molecule has 0 spiro atoms. The van der Waals surface area contributed by atoms with E-state index in [1.165, 1.54) is 29.2 Å². The zero-order valence-electron chi connectivity index (χ0n) is 23.8. The monoisotopic (exact) mass is 599 g/mol. The van der Waals surface area contributed by atoms with Crippen LogP contribution < -0.4 is 14.4 Å². The molecule has 1 N–H and O–H groups in total. The molecule has 0 saturated carbocycles. The predicted octanol–water partition coefficient (Wildman–Crippen LogP) is 5.31. The molecule has 8 nitrogen and oxygen atoms in total. The molecule has 0 aromatic heterocycles. The molecule has 0 aliphatic heterocycles. The maximum absolute atomic E-state index is 14.1. The number of amides is 2. The third kappa shape index (κ3) is 8.47. The Morgan fingerprint density at radius 1 is 0.927 bits per heavy atom. The fourth-order valence-electron chi connectivity index (χ4n) is 4.45. The van der Waals surface area contributed by atoms with E-state index in [1.54, 1.807) is 31.2 Å². The highest BCUT2D eigenvalue weighted by molar-refractivity contribution is 7.92. The minimum atomic E-state index is -4.23. The number of carbonyl (C=O) groups is 2. The molecular weight excluding hydrogens is 562 g/mol. The normalized spacial score (nSPS) is 11.9. The lowest BCUT2D eigenvalue weighted by atomic mass is 10.1. The molecule has 220 valence electrons. The van der Waals surface area contributed by atoms with Gasteiger partial charge >= 0.3 is 0 Å². The number of hydrogen-bond donors (Lipinski definition) is 1. The topological polar surface area (TPSA) is 96.0 Å². The summed E-state index contributed by atoms with van der Waals surface area (Å²) in [6.45, 7) is 6.09. The Labute approximate surface area is 248 Å². The molecule has 0 aliphatic rings. The van der Waals surface area contributed by atoms with Gasteiger partial charge in [-0.3, -0.25) is 13.9 Å². The molecule has 0 saturated heterocycles. The zero-order chi connectivity index (χ0) is 29.8. The fourth-order valence-corrected chi connectivity index (χ4v) is 6.00. The van der Waals surface area contributed by atoms with Crippen LogP contribution in [0.25, 0.3) is 0 Å². The lowest BCUT2D eigenvalue weighted by Gasteiger charge is -2.33.